The molecule has 3 nitrogen and oxygen atoms in total. The van der Waals surface area contributed by atoms with E-state index in [-0.39, 0.29) is 0 Å². The van der Waals surface area contributed by atoms with Gasteiger partial charge in [0.05, 0.1) is 4.70 Å². The van der Waals surface area contributed by atoms with E-state index in [0.29, 0.717) is 6.04 Å². The lowest BCUT2D eigenvalue weighted by Gasteiger charge is -2.38. The SMILES string of the molecule is C[C@H]1CCN1c1nc2ncc(Br)cc2s1. The summed E-state index contributed by atoms with van der Waals surface area (Å²) in [7, 11) is 0. The van der Waals surface area contributed by atoms with Gasteiger partial charge in [0.15, 0.2) is 10.8 Å². The molecule has 1 aliphatic rings. The first-order chi connectivity index (χ1) is 7.24. The summed E-state index contributed by atoms with van der Waals surface area (Å²) in [5.74, 6) is 0. The highest BCUT2D eigenvalue weighted by atomic mass is 79.9. The lowest BCUT2D eigenvalue weighted by atomic mass is 10.1. The maximum atomic E-state index is 4.54. The highest BCUT2D eigenvalue weighted by Crippen LogP contribution is 2.33. The average molecular weight is 284 g/mol. The fraction of sp³-hybridized carbons (Fsp3) is 0.400. The second kappa shape index (κ2) is 3.42. The zero-order chi connectivity index (χ0) is 10.4. The Morgan fingerprint density at radius 3 is 3.13 bits per heavy atom. The maximum Gasteiger partial charge on any atom is 0.188 e. The third kappa shape index (κ3) is 1.54. The van der Waals surface area contributed by atoms with E-state index in [1.54, 1.807) is 17.5 Å². The number of nitrogens with zero attached hydrogens (tertiary/aromatic N) is 3. The van der Waals surface area contributed by atoms with E-state index in [1.807, 2.05) is 0 Å². The van der Waals surface area contributed by atoms with Crippen LogP contribution in [0.2, 0.25) is 0 Å². The van der Waals surface area contributed by atoms with Gasteiger partial charge in [-0.15, -0.1) is 0 Å². The second-order valence-corrected chi connectivity index (χ2v) is 5.73. The molecule has 0 unspecified atom stereocenters. The molecule has 1 aliphatic heterocycles. The molecule has 2 aromatic heterocycles. The minimum absolute atomic E-state index is 0.633. The normalized spacial score (nSPS) is 20.7. The standard InChI is InChI=1S/C10H10BrN3S/c1-6-2-3-14(6)10-13-9-8(15-10)4-7(11)5-12-9/h4-6H,2-3H2,1H3/t6-/m0/s1. The van der Waals surface area contributed by atoms with Crippen molar-refractivity contribution in [2.45, 2.75) is 19.4 Å². The molecule has 1 atom stereocenters. The molecule has 0 radical (unpaired) electrons. The topological polar surface area (TPSA) is 29.0 Å². The van der Waals surface area contributed by atoms with Crippen LogP contribution in [0.5, 0.6) is 0 Å². The zero-order valence-corrected chi connectivity index (χ0v) is 10.7. The van der Waals surface area contributed by atoms with Gasteiger partial charge >= 0.3 is 0 Å². The summed E-state index contributed by atoms with van der Waals surface area (Å²) in [6.45, 7) is 3.36. The van der Waals surface area contributed by atoms with E-state index in [4.69, 9.17) is 0 Å². The number of fused-ring (bicyclic) bond motifs is 1. The Bertz CT molecular complexity index is 510. The summed E-state index contributed by atoms with van der Waals surface area (Å²) in [5, 5.41) is 1.11. The Morgan fingerprint density at radius 1 is 1.60 bits per heavy atom. The molecule has 3 heterocycles. The van der Waals surface area contributed by atoms with E-state index < -0.39 is 0 Å². The molecule has 78 valence electrons. The summed E-state index contributed by atoms with van der Waals surface area (Å²) in [6, 6.07) is 2.71. The number of rotatable bonds is 1. The Kier molecular flexibility index (Phi) is 2.17. The molecule has 2 aromatic rings. The van der Waals surface area contributed by atoms with Gasteiger partial charge in [0.25, 0.3) is 0 Å². The Morgan fingerprint density at radius 2 is 2.47 bits per heavy atom. The molecule has 15 heavy (non-hydrogen) atoms. The van der Waals surface area contributed by atoms with Crippen LogP contribution < -0.4 is 4.90 Å². The van der Waals surface area contributed by atoms with E-state index >= 15 is 0 Å². The highest BCUT2D eigenvalue weighted by molar-refractivity contribution is 9.10. The first-order valence-electron chi connectivity index (χ1n) is 4.93. The summed E-state index contributed by atoms with van der Waals surface area (Å²) >= 11 is 5.15. The fourth-order valence-corrected chi connectivity index (χ4v) is 3.28. The van der Waals surface area contributed by atoms with E-state index in [9.17, 15) is 0 Å². The molecule has 0 aliphatic carbocycles. The van der Waals surface area contributed by atoms with Crippen molar-refractivity contribution in [1.82, 2.24) is 9.97 Å². The lowest BCUT2D eigenvalue weighted by molar-refractivity contribution is 0.481. The second-order valence-electron chi connectivity index (χ2n) is 3.80. The van der Waals surface area contributed by atoms with Gasteiger partial charge in [-0.2, -0.15) is 4.98 Å². The molecule has 0 amide bonds. The minimum Gasteiger partial charge on any atom is -0.345 e. The summed E-state index contributed by atoms with van der Waals surface area (Å²) in [6.07, 6.45) is 3.07. The van der Waals surface area contributed by atoms with Crippen LogP contribution in [0.1, 0.15) is 13.3 Å². The third-order valence-corrected chi connectivity index (χ3v) is 4.23. The average Bonchev–Trinajstić information content (AvgIpc) is 2.57. The molecule has 0 N–H and O–H groups in total. The van der Waals surface area contributed by atoms with Crippen LogP contribution in [0.3, 0.4) is 0 Å². The van der Waals surface area contributed by atoms with Crippen LogP contribution in [0.15, 0.2) is 16.7 Å². The first-order valence-corrected chi connectivity index (χ1v) is 6.54. The van der Waals surface area contributed by atoms with Gasteiger partial charge in [-0.3, -0.25) is 0 Å². The van der Waals surface area contributed by atoms with E-state index in [1.165, 1.54) is 6.42 Å². The van der Waals surface area contributed by atoms with Crippen molar-refractivity contribution in [1.29, 1.82) is 0 Å². The van der Waals surface area contributed by atoms with Crippen molar-refractivity contribution < 1.29 is 0 Å². The molecule has 0 saturated carbocycles. The summed E-state index contributed by atoms with van der Waals surface area (Å²) in [4.78, 5) is 11.2. The minimum atomic E-state index is 0.633. The van der Waals surface area contributed by atoms with Crippen molar-refractivity contribution in [2.75, 3.05) is 11.4 Å². The molecule has 0 bridgehead atoms. The maximum absolute atomic E-state index is 4.54. The lowest BCUT2D eigenvalue weighted by Crippen LogP contribution is -2.45. The van der Waals surface area contributed by atoms with Crippen LogP contribution in [-0.4, -0.2) is 22.6 Å². The summed E-state index contributed by atoms with van der Waals surface area (Å²) < 4.78 is 2.17. The first kappa shape index (κ1) is 9.54. The van der Waals surface area contributed by atoms with Crippen molar-refractivity contribution in [3.8, 4) is 0 Å². The molecular weight excluding hydrogens is 274 g/mol. The molecule has 5 heteroatoms. The van der Waals surface area contributed by atoms with Gasteiger partial charge in [-0.05, 0) is 35.3 Å². The van der Waals surface area contributed by atoms with Gasteiger partial charge in [0.1, 0.15) is 0 Å². The highest BCUT2D eigenvalue weighted by Gasteiger charge is 2.26. The van der Waals surface area contributed by atoms with Crippen molar-refractivity contribution >= 4 is 42.7 Å². The fourth-order valence-electron chi connectivity index (χ4n) is 1.71. The summed E-state index contributed by atoms with van der Waals surface area (Å²) in [5.41, 5.74) is 0.859. The van der Waals surface area contributed by atoms with E-state index in [2.05, 4.69) is 43.8 Å². The number of hydrogen-bond acceptors (Lipinski definition) is 4. The van der Waals surface area contributed by atoms with Crippen LogP contribution in [0.25, 0.3) is 10.3 Å². The van der Waals surface area contributed by atoms with Crippen LogP contribution in [0, 0.1) is 0 Å². The van der Waals surface area contributed by atoms with Crippen LogP contribution in [0.4, 0.5) is 5.13 Å². The van der Waals surface area contributed by atoms with Crippen LogP contribution in [-0.2, 0) is 0 Å². The third-order valence-electron chi connectivity index (χ3n) is 2.77. The number of halogens is 1. The number of aromatic nitrogens is 2. The molecule has 1 fully saturated rings. The Hall–Kier alpha value is -0.680. The Balaban J connectivity index is 2.06. The molecule has 0 spiro atoms. The van der Waals surface area contributed by atoms with Crippen molar-refractivity contribution in [3.63, 3.8) is 0 Å². The van der Waals surface area contributed by atoms with Gasteiger partial charge in [-0.1, -0.05) is 11.3 Å². The number of anilines is 1. The van der Waals surface area contributed by atoms with Crippen molar-refractivity contribution in [2.24, 2.45) is 0 Å². The quantitative estimate of drug-likeness (QED) is 0.806. The van der Waals surface area contributed by atoms with Gasteiger partial charge < -0.3 is 4.90 Å². The molecular formula is C10H10BrN3S. The number of pyridine rings is 1. The monoisotopic (exact) mass is 283 g/mol. The Labute approximate surface area is 100 Å². The molecule has 1 saturated heterocycles. The van der Waals surface area contributed by atoms with Gasteiger partial charge in [0, 0.05) is 23.3 Å². The number of hydrogen-bond donors (Lipinski definition) is 0. The smallest absolute Gasteiger partial charge is 0.188 e. The largest absolute Gasteiger partial charge is 0.345 e. The molecule has 0 aromatic carbocycles. The zero-order valence-electron chi connectivity index (χ0n) is 8.27. The van der Waals surface area contributed by atoms with Gasteiger partial charge in [-0.25, -0.2) is 4.98 Å². The predicted octanol–water partition coefficient (Wildman–Crippen LogP) is 3.05. The van der Waals surface area contributed by atoms with Crippen molar-refractivity contribution in [3.05, 3.63) is 16.7 Å². The molecule has 3 rings (SSSR count). The predicted molar refractivity (Wildman–Crippen MR) is 66.5 cm³/mol. The van der Waals surface area contributed by atoms with E-state index in [0.717, 1.165) is 26.5 Å². The number of thiazole rings is 1. The van der Waals surface area contributed by atoms with Crippen LogP contribution >= 0.6 is 27.3 Å². The van der Waals surface area contributed by atoms with Gasteiger partial charge in [0.2, 0.25) is 0 Å².